The third-order valence-electron chi connectivity index (χ3n) is 2.74. The van der Waals surface area contributed by atoms with Gasteiger partial charge in [0.15, 0.2) is 17.3 Å². The Balaban J connectivity index is 2.88. The SMILES string of the molecule is COc1c(C(C)=O)cc2ccccc2c1OC. The Bertz CT molecular complexity index is 573. The van der Waals surface area contributed by atoms with Crippen molar-refractivity contribution in [2.24, 2.45) is 0 Å². The van der Waals surface area contributed by atoms with Crippen LogP contribution < -0.4 is 9.47 Å². The molecule has 0 fully saturated rings. The largest absolute Gasteiger partial charge is 0.492 e. The highest BCUT2D eigenvalue weighted by atomic mass is 16.5. The van der Waals surface area contributed by atoms with E-state index >= 15 is 0 Å². The van der Waals surface area contributed by atoms with Crippen molar-refractivity contribution in [3.8, 4) is 11.5 Å². The van der Waals surface area contributed by atoms with Crippen LogP contribution in [0, 0.1) is 0 Å². The van der Waals surface area contributed by atoms with Gasteiger partial charge in [-0.3, -0.25) is 4.79 Å². The van der Waals surface area contributed by atoms with E-state index in [4.69, 9.17) is 9.47 Å². The highest BCUT2D eigenvalue weighted by Gasteiger charge is 2.17. The maximum absolute atomic E-state index is 11.6. The number of ether oxygens (including phenoxy) is 2. The minimum absolute atomic E-state index is 0.0362. The van der Waals surface area contributed by atoms with Crippen LogP contribution in [0.2, 0.25) is 0 Å². The summed E-state index contributed by atoms with van der Waals surface area (Å²) in [7, 11) is 3.12. The van der Waals surface area contributed by atoms with Crippen molar-refractivity contribution < 1.29 is 14.3 Å². The van der Waals surface area contributed by atoms with Crippen molar-refractivity contribution in [3.05, 3.63) is 35.9 Å². The summed E-state index contributed by atoms with van der Waals surface area (Å²) in [5.41, 5.74) is 0.544. The summed E-state index contributed by atoms with van der Waals surface area (Å²) in [6, 6.07) is 9.58. The molecular formula is C14H14O3. The molecule has 0 amide bonds. The van der Waals surface area contributed by atoms with E-state index in [-0.39, 0.29) is 5.78 Å². The zero-order valence-corrected chi connectivity index (χ0v) is 10.1. The van der Waals surface area contributed by atoms with Gasteiger partial charge in [-0.25, -0.2) is 0 Å². The molecule has 0 atom stereocenters. The molecule has 0 heterocycles. The summed E-state index contributed by atoms with van der Waals surface area (Å²) in [6.07, 6.45) is 0. The highest BCUT2D eigenvalue weighted by molar-refractivity contribution is 6.04. The second kappa shape index (κ2) is 4.45. The zero-order valence-electron chi connectivity index (χ0n) is 10.1. The van der Waals surface area contributed by atoms with E-state index in [1.165, 1.54) is 6.92 Å². The second-order valence-electron chi connectivity index (χ2n) is 3.77. The molecule has 88 valence electrons. The van der Waals surface area contributed by atoms with Gasteiger partial charge in [0.1, 0.15) is 0 Å². The van der Waals surface area contributed by atoms with Gasteiger partial charge in [-0.1, -0.05) is 24.3 Å². The molecule has 17 heavy (non-hydrogen) atoms. The number of carbonyl (C=O) groups is 1. The first kappa shape index (κ1) is 11.5. The normalized spacial score (nSPS) is 10.3. The Morgan fingerprint density at radius 3 is 2.29 bits per heavy atom. The molecule has 3 heteroatoms. The molecule has 0 radical (unpaired) electrons. The standard InChI is InChI=1S/C14H14O3/c1-9(15)12-8-10-6-4-5-7-11(10)13(16-2)14(12)17-3/h4-8H,1-3H3. The highest BCUT2D eigenvalue weighted by Crippen LogP contribution is 2.38. The molecule has 0 aliphatic rings. The lowest BCUT2D eigenvalue weighted by Crippen LogP contribution is -2.01. The van der Waals surface area contributed by atoms with E-state index in [2.05, 4.69) is 0 Å². The molecule has 2 aromatic carbocycles. The molecule has 0 saturated carbocycles. The molecule has 2 aromatic rings. The van der Waals surface area contributed by atoms with Crippen LogP contribution in [0.1, 0.15) is 17.3 Å². The molecule has 2 rings (SSSR count). The number of carbonyl (C=O) groups excluding carboxylic acids is 1. The van der Waals surface area contributed by atoms with Crippen molar-refractivity contribution in [1.82, 2.24) is 0 Å². The number of methoxy groups -OCH3 is 2. The summed E-state index contributed by atoms with van der Waals surface area (Å²) < 4.78 is 10.7. The monoisotopic (exact) mass is 230 g/mol. The van der Waals surface area contributed by atoms with Crippen molar-refractivity contribution in [2.75, 3.05) is 14.2 Å². The Morgan fingerprint density at radius 1 is 1.06 bits per heavy atom. The van der Waals surface area contributed by atoms with Crippen molar-refractivity contribution >= 4 is 16.6 Å². The first-order chi connectivity index (χ1) is 8.19. The Kier molecular flexibility index (Phi) is 3.00. The van der Waals surface area contributed by atoms with Gasteiger partial charge in [-0.05, 0) is 18.4 Å². The Hall–Kier alpha value is -2.03. The number of benzene rings is 2. The zero-order chi connectivity index (χ0) is 12.4. The second-order valence-corrected chi connectivity index (χ2v) is 3.77. The predicted molar refractivity (Wildman–Crippen MR) is 67.1 cm³/mol. The molecule has 0 unspecified atom stereocenters. The van der Waals surface area contributed by atoms with Crippen LogP contribution in [-0.4, -0.2) is 20.0 Å². The maximum atomic E-state index is 11.6. The average molecular weight is 230 g/mol. The van der Waals surface area contributed by atoms with Crippen LogP contribution in [0.15, 0.2) is 30.3 Å². The van der Waals surface area contributed by atoms with Gasteiger partial charge >= 0.3 is 0 Å². The van der Waals surface area contributed by atoms with E-state index in [0.717, 1.165) is 10.8 Å². The molecule has 3 nitrogen and oxygen atoms in total. The van der Waals surface area contributed by atoms with Crippen LogP contribution in [-0.2, 0) is 0 Å². The van der Waals surface area contributed by atoms with Crippen LogP contribution in [0.3, 0.4) is 0 Å². The fourth-order valence-corrected chi connectivity index (χ4v) is 1.96. The molecule has 0 saturated heterocycles. The first-order valence-corrected chi connectivity index (χ1v) is 5.33. The fraction of sp³-hybridized carbons (Fsp3) is 0.214. The van der Waals surface area contributed by atoms with Gasteiger partial charge in [-0.15, -0.1) is 0 Å². The summed E-state index contributed by atoms with van der Waals surface area (Å²) in [5, 5.41) is 1.91. The maximum Gasteiger partial charge on any atom is 0.172 e. The van der Waals surface area contributed by atoms with Gasteiger partial charge in [0.2, 0.25) is 0 Å². The molecule has 0 aliphatic carbocycles. The van der Waals surface area contributed by atoms with Crippen LogP contribution in [0.25, 0.3) is 10.8 Å². The lowest BCUT2D eigenvalue weighted by atomic mass is 10.0. The number of fused-ring (bicyclic) bond motifs is 1. The van der Waals surface area contributed by atoms with Crippen molar-refractivity contribution in [2.45, 2.75) is 6.92 Å². The summed E-state index contributed by atoms with van der Waals surface area (Å²) in [6.45, 7) is 1.52. The van der Waals surface area contributed by atoms with Gasteiger partial charge in [0, 0.05) is 5.39 Å². The molecule has 0 N–H and O–H groups in total. The van der Waals surface area contributed by atoms with E-state index in [9.17, 15) is 4.79 Å². The van der Waals surface area contributed by atoms with Gasteiger partial charge < -0.3 is 9.47 Å². The molecule has 0 bridgehead atoms. The smallest absolute Gasteiger partial charge is 0.172 e. The van der Waals surface area contributed by atoms with Crippen LogP contribution in [0.5, 0.6) is 11.5 Å². The van der Waals surface area contributed by atoms with Gasteiger partial charge in [-0.2, -0.15) is 0 Å². The quantitative estimate of drug-likeness (QED) is 0.760. The average Bonchev–Trinajstić information content (AvgIpc) is 2.36. The number of Topliss-reactive ketones (excluding diaryl/α,β-unsaturated/α-hetero) is 1. The summed E-state index contributed by atoms with van der Waals surface area (Å²) in [4.78, 5) is 11.6. The van der Waals surface area contributed by atoms with E-state index in [1.54, 1.807) is 14.2 Å². The third kappa shape index (κ3) is 1.84. The van der Waals surface area contributed by atoms with Crippen molar-refractivity contribution in [3.63, 3.8) is 0 Å². The Labute approximate surface area is 100.0 Å². The van der Waals surface area contributed by atoms with E-state index in [1.807, 2.05) is 30.3 Å². The van der Waals surface area contributed by atoms with Crippen LogP contribution in [0.4, 0.5) is 0 Å². The van der Waals surface area contributed by atoms with Gasteiger partial charge in [0.05, 0.1) is 19.8 Å². The van der Waals surface area contributed by atoms with Crippen LogP contribution >= 0.6 is 0 Å². The van der Waals surface area contributed by atoms with E-state index < -0.39 is 0 Å². The third-order valence-corrected chi connectivity index (χ3v) is 2.74. The number of hydrogen-bond donors (Lipinski definition) is 0. The lowest BCUT2D eigenvalue weighted by Gasteiger charge is -2.14. The minimum Gasteiger partial charge on any atom is -0.492 e. The topological polar surface area (TPSA) is 35.5 Å². The number of ketones is 1. The van der Waals surface area contributed by atoms with Crippen molar-refractivity contribution in [1.29, 1.82) is 0 Å². The predicted octanol–water partition coefficient (Wildman–Crippen LogP) is 3.06. The molecule has 0 aromatic heterocycles. The lowest BCUT2D eigenvalue weighted by molar-refractivity contribution is 0.101. The fourth-order valence-electron chi connectivity index (χ4n) is 1.96. The van der Waals surface area contributed by atoms with Gasteiger partial charge in [0.25, 0.3) is 0 Å². The number of hydrogen-bond acceptors (Lipinski definition) is 3. The number of rotatable bonds is 3. The Morgan fingerprint density at radius 2 is 1.71 bits per heavy atom. The molecular weight excluding hydrogens is 216 g/mol. The molecule has 0 spiro atoms. The first-order valence-electron chi connectivity index (χ1n) is 5.33. The summed E-state index contributed by atoms with van der Waals surface area (Å²) >= 11 is 0. The van der Waals surface area contributed by atoms with E-state index in [0.29, 0.717) is 17.1 Å². The minimum atomic E-state index is -0.0362. The summed E-state index contributed by atoms with van der Waals surface area (Å²) in [5.74, 6) is 1.07. The molecule has 0 aliphatic heterocycles.